The second-order valence-corrected chi connectivity index (χ2v) is 6.54. The number of fused-ring (bicyclic) bond motifs is 2. The van der Waals surface area contributed by atoms with E-state index in [4.69, 9.17) is 4.74 Å². The number of H-pyrrole nitrogens is 2. The Labute approximate surface area is 174 Å². The minimum atomic E-state index is -1.35. The number of hydrogen-bond donors (Lipinski definition) is 5. The highest BCUT2D eigenvalue weighted by Gasteiger charge is 2.12. The standard InChI is InChI=1S/C20H18N6O5/c27-15(23-25-17-11-5-1-3-7-13(11)21-19(17)29)9-31-10-16(28)24-26-18-12-6-2-4-8-14(12)22-20(18)30/h1-8,15,21-22,27,29-30H,9-10H2/t15-/m1/s1. The zero-order chi connectivity index (χ0) is 21.8. The van der Waals surface area contributed by atoms with Gasteiger partial charge in [0.2, 0.25) is 11.8 Å². The molecule has 0 saturated carbocycles. The lowest BCUT2D eigenvalue weighted by Crippen LogP contribution is -2.15. The molecule has 0 fully saturated rings. The molecule has 31 heavy (non-hydrogen) atoms. The van der Waals surface area contributed by atoms with Crippen LogP contribution in [0.15, 0.2) is 69.0 Å². The summed E-state index contributed by atoms with van der Waals surface area (Å²) in [5.74, 6) is -1.08. The van der Waals surface area contributed by atoms with Crippen LogP contribution in [0.2, 0.25) is 0 Å². The van der Waals surface area contributed by atoms with Gasteiger partial charge in [0, 0.05) is 10.8 Å². The fourth-order valence-corrected chi connectivity index (χ4v) is 2.97. The lowest BCUT2D eigenvalue weighted by Gasteiger charge is -2.03. The highest BCUT2D eigenvalue weighted by molar-refractivity contribution is 5.95. The molecular formula is C20H18N6O5. The molecular weight excluding hydrogens is 404 g/mol. The van der Waals surface area contributed by atoms with E-state index in [1.165, 1.54) is 0 Å². The Morgan fingerprint density at radius 3 is 2.06 bits per heavy atom. The Balaban J connectivity index is 1.31. The lowest BCUT2D eigenvalue weighted by molar-refractivity contribution is -0.123. The van der Waals surface area contributed by atoms with Crippen molar-refractivity contribution < 1.29 is 24.9 Å². The van der Waals surface area contributed by atoms with Gasteiger partial charge in [0.15, 0.2) is 17.6 Å². The van der Waals surface area contributed by atoms with Gasteiger partial charge in [-0.25, -0.2) is 0 Å². The summed E-state index contributed by atoms with van der Waals surface area (Å²) in [6, 6.07) is 14.1. The number of hydrogen-bond acceptors (Lipinski definition) is 8. The zero-order valence-corrected chi connectivity index (χ0v) is 16.1. The molecule has 0 saturated heterocycles. The average molecular weight is 422 g/mol. The number of aromatic amines is 2. The lowest BCUT2D eigenvalue weighted by atomic mass is 10.2. The van der Waals surface area contributed by atoms with Gasteiger partial charge >= 0.3 is 0 Å². The normalized spacial score (nSPS) is 13.1. The van der Waals surface area contributed by atoms with Crippen molar-refractivity contribution in [2.45, 2.75) is 6.23 Å². The average Bonchev–Trinajstić information content (AvgIpc) is 3.25. The van der Waals surface area contributed by atoms with Crippen molar-refractivity contribution in [1.82, 2.24) is 9.97 Å². The molecule has 11 nitrogen and oxygen atoms in total. The molecule has 2 heterocycles. The highest BCUT2D eigenvalue weighted by Crippen LogP contribution is 2.36. The topological polar surface area (TPSA) is 168 Å². The number of aliphatic hydroxyl groups is 1. The number of benzene rings is 2. The number of aromatic hydroxyl groups is 2. The summed E-state index contributed by atoms with van der Waals surface area (Å²) in [6.45, 7) is -0.760. The van der Waals surface area contributed by atoms with Crippen LogP contribution in [0.3, 0.4) is 0 Å². The summed E-state index contributed by atoms with van der Waals surface area (Å²) < 4.78 is 5.08. The number of aromatic nitrogens is 2. The number of aliphatic hydroxyl groups excluding tert-OH is 1. The first-order chi connectivity index (χ1) is 15.0. The second-order valence-electron chi connectivity index (χ2n) is 6.54. The van der Waals surface area contributed by atoms with Crippen molar-refractivity contribution in [3.63, 3.8) is 0 Å². The largest absolute Gasteiger partial charge is 0.493 e. The van der Waals surface area contributed by atoms with Crippen LogP contribution in [0.5, 0.6) is 11.8 Å². The molecule has 0 aliphatic heterocycles. The SMILES string of the molecule is O=C(COC[C@@H](O)N=Nc1c(O)[nH]c2ccccc12)N=Nc1c(O)[nH]c2ccccc12. The second kappa shape index (κ2) is 8.73. The quantitative estimate of drug-likeness (QED) is 0.285. The summed E-state index contributed by atoms with van der Waals surface area (Å²) in [5, 5.41) is 45.8. The molecule has 0 unspecified atom stereocenters. The first-order valence-corrected chi connectivity index (χ1v) is 9.23. The van der Waals surface area contributed by atoms with E-state index in [-0.39, 0.29) is 29.7 Å². The van der Waals surface area contributed by atoms with Gasteiger partial charge in [-0.05, 0) is 12.1 Å². The Kier molecular flexibility index (Phi) is 5.69. The summed E-state index contributed by atoms with van der Waals surface area (Å²) in [5.41, 5.74) is 1.68. The number of amides is 1. The number of nitrogens with one attached hydrogen (secondary N) is 2. The Morgan fingerprint density at radius 2 is 1.45 bits per heavy atom. The van der Waals surface area contributed by atoms with E-state index in [9.17, 15) is 20.1 Å². The van der Waals surface area contributed by atoms with E-state index in [1.807, 2.05) is 0 Å². The van der Waals surface area contributed by atoms with Crippen LogP contribution in [-0.2, 0) is 9.53 Å². The van der Waals surface area contributed by atoms with E-state index < -0.39 is 18.7 Å². The predicted molar refractivity (Wildman–Crippen MR) is 111 cm³/mol. The fourth-order valence-electron chi connectivity index (χ4n) is 2.97. The summed E-state index contributed by atoms with van der Waals surface area (Å²) in [6.07, 6.45) is -1.35. The Morgan fingerprint density at radius 1 is 0.903 bits per heavy atom. The minimum Gasteiger partial charge on any atom is -0.493 e. The molecule has 4 aromatic rings. The van der Waals surface area contributed by atoms with Crippen LogP contribution in [-0.4, -0.2) is 50.6 Å². The molecule has 158 valence electrons. The number of para-hydroxylation sites is 2. The smallest absolute Gasteiger partial charge is 0.290 e. The van der Waals surface area contributed by atoms with E-state index in [2.05, 4.69) is 30.4 Å². The van der Waals surface area contributed by atoms with Gasteiger partial charge in [0.25, 0.3) is 5.91 Å². The monoisotopic (exact) mass is 422 g/mol. The minimum absolute atomic E-state index is 0.149. The van der Waals surface area contributed by atoms with Gasteiger partial charge < -0.3 is 30.0 Å². The molecule has 5 N–H and O–H groups in total. The van der Waals surface area contributed by atoms with Gasteiger partial charge in [0.1, 0.15) is 6.61 Å². The third-order valence-corrected chi connectivity index (χ3v) is 4.36. The van der Waals surface area contributed by atoms with Crippen LogP contribution in [0.4, 0.5) is 11.4 Å². The zero-order valence-electron chi connectivity index (χ0n) is 16.1. The number of azo groups is 2. The van der Waals surface area contributed by atoms with Crippen LogP contribution in [0.1, 0.15) is 0 Å². The molecule has 0 spiro atoms. The maximum absolute atomic E-state index is 11.9. The van der Waals surface area contributed by atoms with Gasteiger partial charge in [-0.1, -0.05) is 36.4 Å². The van der Waals surface area contributed by atoms with Crippen LogP contribution < -0.4 is 0 Å². The maximum Gasteiger partial charge on any atom is 0.290 e. The van der Waals surface area contributed by atoms with Gasteiger partial charge in [-0.2, -0.15) is 5.11 Å². The third-order valence-electron chi connectivity index (χ3n) is 4.36. The van der Waals surface area contributed by atoms with Crippen molar-refractivity contribution in [3.8, 4) is 11.8 Å². The molecule has 0 aliphatic carbocycles. The molecule has 1 atom stereocenters. The van der Waals surface area contributed by atoms with Gasteiger partial charge in [-0.15, -0.1) is 15.3 Å². The summed E-state index contributed by atoms with van der Waals surface area (Å²) >= 11 is 0. The highest BCUT2D eigenvalue weighted by atomic mass is 16.5. The van der Waals surface area contributed by atoms with Crippen LogP contribution in [0, 0.1) is 0 Å². The van der Waals surface area contributed by atoms with E-state index in [0.717, 1.165) is 0 Å². The Hall–Kier alpha value is -4.09. The van der Waals surface area contributed by atoms with Crippen molar-refractivity contribution in [3.05, 3.63) is 48.5 Å². The molecule has 2 aromatic heterocycles. The molecule has 1 amide bonds. The van der Waals surface area contributed by atoms with E-state index in [0.29, 0.717) is 21.8 Å². The number of carbonyl (C=O) groups excluding carboxylic acids is 1. The maximum atomic E-state index is 11.9. The van der Waals surface area contributed by atoms with Crippen LogP contribution in [0.25, 0.3) is 21.8 Å². The Bertz CT molecular complexity index is 1290. The van der Waals surface area contributed by atoms with Crippen molar-refractivity contribution in [1.29, 1.82) is 0 Å². The molecule has 0 bridgehead atoms. The van der Waals surface area contributed by atoms with E-state index in [1.54, 1.807) is 48.5 Å². The van der Waals surface area contributed by atoms with Crippen molar-refractivity contribution in [2.24, 2.45) is 20.5 Å². The van der Waals surface area contributed by atoms with E-state index >= 15 is 0 Å². The fraction of sp³-hybridized carbons (Fsp3) is 0.150. The summed E-state index contributed by atoms with van der Waals surface area (Å²) in [4.78, 5) is 17.3. The molecule has 0 aliphatic rings. The van der Waals surface area contributed by atoms with Gasteiger partial charge in [-0.3, -0.25) is 4.79 Å². The van der Waals surface area contributed by atoms with Crippen molar-refractivity contribution in [2.75, 3.05) is 13.2 Å². The predicted octanol–water partition coefficient (Wildman–Crippen LogP) is 3.79. The molecule has 2 aromatic carbocycles. The summed E-state index contributed by atoms with van der Waals surface area (Å²) in [7, 11) is 0. The number of carbonyl (C=O) groups is 1. The first kappa shape index (κ1) is 20.2. The van der Waals surface area contributed by atoms with Crippen LogP contribution >= 0.6 is 0 Å². The number of rotatable bonds is 7. The molecule has 11 heteroatoms. The third kappa shape index (κ3) is 4.42. The number of ether oxygens (including phenoxy) is 1. The first-order valence-electron chi connectivity index (χ1n) is 9.23. The molecule has 0 radical (unpaired) electrons. The molecule has 4 rings (SSSR count). The number of nitrogens with zero attached hydrogens (tertiary/aromatic N) is 4. The van der Waals surface area contributed by atoms with Gasteiger partial charge in [0.05, 0.1) is 17.6 Å². The van der Waals surface area contributed by atoms with Crippen molar-refractivity contribution >= 4 is 39.1 Å².